The van der Waals surface area contributed by atoms with Gasteiger partial charge in [0.1, 0.15) is 12.2 Å². The maximum absolute atomic E-state index is 12.8. The first-order valence-corrected chi connectivity index (χ1v) is 8.87. The van der Waals surface area contributed by atoms with Crippen molar-refractivity contribution in [3.05, 3.63) is 34.5 Å². The summed E-state index contributed by atoms with van der Waals surface area (Å²) in [6, 6.07) is 1.90. The van der Waals surface area contributed by atoms with Crippen LogP contribution in [0.25, 0.3) is 0 Å². The summed E-state index contributed by atoms with van der Waals surface area (Å²) in [5, 5.41) is 12.3. The highest BCUT2D eigenvalue weighted by atomic mass is 32.1. The van der Waals surface area contributed by atoms with Gasteiger partial charge in [0.25, 0.3) is 5.91 Å². The van der Waals surface area contributed by atoms with Gasteiger partial charge >= 0.3 is 0 Å². The Balaban J connectivity index is 1.66. The van der Waals surface area contributed by atoms with Crippen LogP contribution in [0.15, 0.2) is 23.2 Å². The van der Waals surface area contributed by atoms with Crippen LogP contribution in [0, 0.1) is 5.41 Å². The number of aryl methyl sites for hydroxylation is 1. The SMILES string of the molecule is Cn1cnnc1C1CN(C(=O)c2ccsc2)CC12CCOCC2. The number of amides is 1. The number of carbonyl (C=O) groups excluding carboxylic acids is 1. The molecule has 2 aromatic rings. The van der Waals surface area contributed by atoms with Gasteiger partial charge in [-0.15, -0.1) is 10.2 Å². The molecule has 1 amide bonds. The summed E-state index contributed by atoms with van der Waals surface area (Å²) >= 11 is 1.56. The number of hydrogen-bond donors (Lipinski definition) is 0. The minimum atomic E-state index is 0.0602. The molecule has 0 aromatic carbocycles. The normalized spacial score (nSPS) is 23.5. The van der Waals surface area contributed by atoms with Crippen LogP contribution in [0.5, 0.6) is 0 Å². The van der Waals surface area contributed by atoms with Gasteiger partial charge in [0, 0.05) is 50.1 Å². The Labute approximate surface area is 139 Å². The van der Waals surface area contributed by atoms with E-state index in [-0.39, 0.29) is 17.2 Å². The number of hydrogen-bond acceptors (Lipinski definition) is 5. The average molecular weight is 332 g/mol. The Hall–Kier alpha value is -1.73. The van der Waals surface area contributed by atoms with Gasteiger partial charge in [-0.25, -0.2) is 0 Å². The number of likely N-dealkylation sites (tertiary alicyclic amines) is 1. The summed E-state index contributed by atoms with van der Waals surface area (Å²) in [6.45, 7) is 3.01. The largest absolute Gasteiger partial charge is 0.381 e. The Morgan fingerprint density at radius 1 is 1.43 bits per heavy atom. The maximum atomic E-state index is 12.8. The molecular weight excluding hydrogens is 312 g/mol. The molecule has 1 spiro atoms. The predicted octanol–water partition coefficient (Wildman–Crippen LogP) is 1.91. The number of carbonyl (C=O) groups is 1. The van der Waals surface area contributed by atoms with Gasteiger partial charge in [0.2, 0.25) is 0 Å². The van der Waals surface area contributed by atoms with E-state index in [2.05, 4.69) is 10.2 Å². The van der Waals surface area contributed by atoms with Crippen molar-refractivity contribution in [2.45, 2.75) is 18.8 Å². The van der Waals surface area contributed by atoms with Gasteiger partial charge in [0.05, 0.1) is 5.56 Å². The molecule has 0 N–H and O–H groups in total. The van der Waals surface area contributed by atoms with Gasteiger partial charge in [-0.05, 0) is 24.3 Å². The third-order valence-corrected chi connectivity index (χ3v) is 5.93. The van der Waals surface area contributed by atoms with Crippen molar-refractivity contribution in [1.29, 1.82) is 0 Å². The second kappa shape index (κ2) is 5.72. The highest BCUT2D eigenvalue weighted by Crippen LogP contribution is 2.49. The van der Waals surface area contributed by atoms with Gasteiger partial charge < -0.3 is 14.2 Å². The standard InChI is InChI=1S/C16H20N4O2S/c1-19-11-17-18-14(19)13-8-20(15(21)12-2-7-23-9-12)10-16(13)3-5-22-6-4-16/h2,7,9,11,13H,3-6,8,10H2,1H3. The van der Waals surface area contributed by atoms with Crippen LogP contribution in [0.4, 0.5) is 0 Å². The van der Waals surface area contributed by atoms with Gasteiger partial charge in [-0.2, -0.15) is 11.3 Å². The first-order valence-electron chi connectivity index (χ1n) is 7.93. The molecule has 2 fully saturated rings. The molecule has 2 aliphatic rings. The summed E-state index contributed by atoms with van der Waals surface area (Å²) in [5.41, 5.74) is 0.848. The smallest absolute Gasteiger partial charge is 0.254 e. The molecule has 0 radical (unpaired) electrons. The summed E-state index contributed by atoms with van der Waals surface area (Å²) < 4.78 is 7.56. The lowest BCUT2D eigenvalue weighted by atomic mass is 9.72. The Kier molecular flexibility index (Phi) is 3.69. The third-order valence-electron chi connectivity index (χ3n) is 5.25. The van der Waals surface area contributed by atoms with Crippen LogP contribution in [-0.2, 0) is 11.8 Å². The minimum absolute atomic E-state index is 0.0602. The van der Waals surface area contributed by atoms with Crippen molar-refractivity contribution < 1.29 is 9.53 Å². The maximum Gasteiger partial charge on any atom is 0.254 e. The van der Waals surface area contributed by atoms with E-state index in [4.69, 9.17) is 4.74 Å². The van der Waals surface area contributed by atoms with E-state index in [1.807, 2.05) is 33.3 Å². The lowest BCUT2D eigenvalue weighted by Crippen LogP contribution is -2.37. The number of aromatic nitrogens is 3. The van der Waals surface area contributed by atoms with E-state index < -0.39 is 0 Å². The van der Waals surface area contributed by atoms with E-state index >= 15 is 0 Å². The Morgan fingerprint density at radius 3 is 2.91 bits per heavy atom. The zero-order valence-corrected chi connectivity index (χ0v) is 14.0. The van der Waals surface area contributed by atoms with Crippen LogP contribution < -0.4 is 0 Å². The van der Waals surface area contributed by atoms with Crippen LogP contribution in [0.2, 0.25) is 0 Å². The molecule has 2 aliphatic heterocycles. The van der Waals surface area contributed by atoms with Crippen molar-refractivity contribution in [2.24, 2.45) is 12.5 Å². The molecule has 6 nitrogen and oxygen atoms in total. The highest BCUT2D eigenvalue weighted by Gasteiger charge is 2.50. The van der Waals surface area contributed by atoms with Gasteiger partial charge in [0.15, 0.2) is 0 Å². The van der Waals surface area contributed by atoms with Gasteiger partial charge in [-0.1, -0.05) is 0 Å². The second-order valence-electron chi connectivity index (χ2n) is 6.53. The molecule has 4 heterocycles. The molecule has 1 atom stereocenters. The summed E-state index contributed by atoms with van der Waals surface area (Å²) in [7, 11) is 1.98. The molecule has 2 aromatic heterocycles. The van der Waals surface area contributed by atoms with E-state index in [0.717, 1.165) is 44.0 Å². The van der Waals surface area contributed by atoms with Crippen LogP contribution >= 0.6 is 11.3 Å². The summed E-state index contributed by atoms with van der Waals surface area (Å²) in [6.07, 6.45) is 3.68. The molecule has 122 valence electrons. The molecule has 23 heavy (non-hydrogen) atoms. The van der Waals surface area contributed by atoms with Crippen molar-refractivity contribution in [1.82, 2.24) is 19.7 Å². The number of thiophene rings is 1. The quantitative estimate of drug-likeness (QED) is 0.843. The topological polar surface area (TPSA) is 60.2 Å². The van der Waals surface area contributed by atoms with Crippen LogP contribution in [-0.4, -0.2) is 51.9 Å². The zero-order chi connectivity index (χ0) is 15.9. The molecule has 0 bridgehead atoms. The van der Waals surface area contributed by atoms with E-state index in [0.29, 0.717) is 6.54 Å². The fourth-order valence-electron chi connectivity index (χ4n) is 3.94. The molecule has 7 heteroatoms. The first-order chi connectivity index (χ1) is 11.2. The van der Waals surface area contributed by atoms with Crippen molar-refractivity contribution in [3.63, 3.8) is 0 Å². The van der Waals surface area contributed by atoms with E-state index in [9.17, 15) is 4.79 Å². The molecule has 4 rings (SSSR count). The highest BCUT2D eigenvalue weighted by molar-refractivity contribution is 7.08. The van der Waals surface area contributed by atoms with E-state index in [1.165, 1.54) is 0 Å². The zero-order valence-electron chi connectivity index (χ0n) is 13.1. The number of rotatable bonds is 2. The molecule has 1 unspecified atom stereocenters. The second-order valence-corrected chi connectivity index (χ2v) is 7.31. The molecule has 0 saturated carbocycles. The van der Waals surface area contributed by atoms with Crippen LogP contribution in [0.3, 0.4) is 0 Å². The lowest BCUT2D eigenvalue weighted by molar-refractivity contribution is 0.0108. The Bertz CT molecular complexity index is 691. The van der Waals surface area contributed by atoms with Gasteiger partial charge in [-0.3, -0.25) is 4.79 Å². The first kappa shape index (κ1) is 14.8. The Morgan fingerprint density at radius 2 is 2.26 bits per heavy atom. The minimum Gasteiger partial charge on any atom is -0.381 e. The number of nitrogens with zero attached hydrogens (tertiary/aromatic N) is 4. The fraction of sp³-hybridized carbons (Fsp3) is 0.562. The van der Waals surface area contributed by atoms with Crippen molar-refractivity contribution in [3.8, 4) is 0 Å². The number of ether oxygens (including phenoxy) is 1. The monoisotopic (exact) mass is 332 g/mol. The van der Waals surface area contributed by atoms with Crippen molar-refractivity contribution >= 4 is 17.2 Å². The third kappa shape index (κ3) is 2.48. The molecular formula is C16H20N4O2S. The van der Waals surface area contributed by atoms with Crippen molar-refractivity contribution in [2.75, 3.05) is 26.3 Å². The van der Waals surface area contributed by atoms with Crippen LogP contribution in [0.1, 0.15) is 34.9 Å². The lowest BCUT2D eigenvalue weighted by Gasteiger charge is -2.37. The predicted molar refractivity (Wildman–Crippen MR) is 86.5 cm³/mol. The molecule has 0 aliphatic carbocycles. The molecule has 2 saturated heterocycles. The van der Waals surface area contributed by atoms with E-state index in [1.54, 1.807) is 17.7 Å². The fourth-order valence-corrected chi connectivity index (χ4v) is 4.57. The summed E-state index contributed by atoms with van der Waals surface area (Å²) in [4.78, 5) is 14.8. The summed E-state index contributed by atoms with van der Waals surface area (Å²) in [5.74, 6) is 1.33. The average Bonchev–Trinajstić information content (AvgIpc) is 3.28.